The lowest BCUT2D eigenvalue weighted by Crippen LogP contribution is -2.43. The summed E-state index contributed by atoms with van der Waals surface area (Å²) in [4.78, 5) is 50.3. The standard InChI is InChI=1S/C28H29N3O7/c1-3-6-30-11-12-4-5-15-16(7-12)23(32)21-17(27(15)38-2)9-13-8-14-10-18(31-37)22(28(29)36)26(35)20(14)24(33)19(13)25(21)34/h4-5,7,13-14,20,30,32-33H,3,6,8-11H2,1-2H3,(H2,29,36)/t13-,14?,20?/m1/s1. The van der Waals surface area contributed by atoms with Crippen molar-refractivity contribution >= 4 is 28.2 Å². The van der Waals surface area contributed by atoms with Crippen LogP contribution in [0.4, 0.5) is 0 Å². The Labute approximate surface area is 218 Å². The van der Waals surface area contributed by atoms with E-state index in [1.807, 2.05) is 18.2 Å². The summed E-state index contributed by atoms with van der Waals surface area (Å²) in [5.41, 5.74) is 6.10. The summed E-state index contributed by atoms with van der Waals surface area (Å²) in [6, 6.07) is 5.61. The van der Waals surface area contributed by atoms with Gasteiger partial charge in [0.15, 0.2) is 11.6 Å². The summed E-state index contributed by atoms with van der Waals surface area (Å²) in [7, 11) is 1.50. The first-order valence-corrected chi connectivity index (χ1v) is 12.7. The second kappa shape index (κ2) is 9.68. The predicted molar refractivity (Wildman–Crippen MR) is 139 cm³/mol. The first-order valence-electron chi connectivity index (χ1n) is 12.7. The van der Waals surface area contributed by atoms with Crippen molar-refractivity contribution < 1.29 is 29.3 Å². The molecule has 0 saturated heterocycles. The number of hydrogen-bond acceptors (Lipinski definition) is 9. The summed E-state index contributed by atoms with van der Waals surface area (Å²) in [6.45, 7) is 3.49. The molecule has 0 heterocycles. The summed E-state index contributed by atoms with van der Waals surface area (Å²) in [6.07, 6.45) is 1.54. The number of carbonyl (C=O) groups excluding carboxylic acids is 3. The molecule has 5 N–H and O–H groups in total. The number of nitrogens with one attached hydrogen (secondary N) is 1. The van der Waals surface area contributed by atoms with Gasteiger partial charge < -0.3 is 26.0 Å². The number of hydrogen-bond donors (Lipinski definition) is 4. The van der Waals surface area contributed by atoms with Crippen molar-refractivity contribution in [2.24, 2.45) is 28.7 Å². The highest BCUT2D eigenvalue weighted by molar-refractivity contribution is 6.22. The molecule has 0 saturated carbocycles. The fourth-order valence-electron chi connectivity index (χ4n) is 6.35. The van der Waals surface area contributed by atoms with E-state index in [2.05, 4.69) is 17.4 Å². The number of rotatable bonds is 7. The number of aliphatic hydroxyl groups excluding tert-OH is 1. The molecule has 1 amide bonds. The van der Waals surface area contributed by atoms with Crippen LogP contribution in [-0.4, -0.2) is 41.3 Å². The Morgan fingerprint density at radius 3 is 2.63 bits per heavy atom. The number of carbonyl (C=O) groups is 3. The molecular formula is C28H29N3O7. The number of phenols is 1. The van der Waals surface area contributed by atoms with E-state index in [-0.39, 0.29) is 35.4 Å². The van der Waals surface area contributed by atoms with Crippen LogP contribution in [0.15, 0.2) is 46.0 Å². The molecule has 3 atom stereocenters. The predicted octanol–water partition coefficient (Wildman–Crippen LogP) is 3.34. The Hall–Kier alpha value is -4.05. The van der Waals surface area contributed by atoms with Gasteiger partial charge in [-0.1, -0.05) is 19.1 Å². The third-order valence-corrected chi connectivity index (χ3v) is 7.95. The first-order chi connectivity index (χ1) is 18.2. The van der Waals surface area contributed by atoms with Gasteiger partial charge in [-0.15, -0.1) is 4.91 Å². The van der Waals surface area contributed by atoms with E-state index in [1.54, 1.807) is 0 Å². The van der Waals surface area contributed by atoms with Gasteiger partial charge in [-0.3, -0.25) is 14.4 Å². The van der Waals surface area contributed by atoms with Crippen LogP contribution in [0, 0.1) is 22.7 Å². The van der Waals surface area contributed by atoms with Crippen molar-refractivity contribution in [3.05, 3.63) is 62.4 Å². The largest absolute Gasteiger partial charge is 0.511 e. The van der Waals surface area contributed by atoms with Gasteiger partial charge in [0.25, 0.3) is 5.91 Å². The first kappa shape index (κ1) is 25.6. The summed E-state index contributed by atoms with van der Waals surface area (Å²) in [5, 5.41) is 29.9. The molecular weight excluding hydrogens is 490 g/mol. The van der Waals surface area contributed by atoms with Gasteiger partial charge in [0.2, 0.25) is 0 Å². The van der Waals surface area contributed by atoms with Gasteiger partial charge in [0, 0.05) is 28.5 Å². The van der Waals surface area contributed by atoms with Crippen LogP contribution in [0.1, 0.15) is 47.7 Å². The lowest BCUT2D eigenvalue weighted by molar-refractivity contribution is -0.125. The highest BCUT2D eigenvalue weighted by Gasteiger charge is 2.51. The lowest BCUT2D eigenvalue weighted by Gasteiger charge is -2.41. The minimum Gasteiger partial charge on any atom is -0.511 e. The molecule has 2 aromatic carbocycles. The van der Waals surface area contributed by atoms with E-state index >= 15 is 0 Å². The lowest BCUT2D eigenvalue weighted by atomic mass is 9.62. The highest BCUT2D eigenvalue weighted by atomic mass is 16.5. The number of methoxy groups -OCH3 is 1. The molecule has 0 radical (unpaired) electrons. The molecule has 38 heavy (non-hydrogen) atoms. The van der Waals surface area contributed by atoms with E-state index < -0.39 is 46.6 Å². The molecule has 5 rings (SSSR count). The number of nitroso groups, excluding NO2 is 1. The zero-order valence-electron chi connectivity index (χ0n) is 21.2. The SMILES string of the molecule is CCCNCc1ccc2c(OC)c3c(c(O)c2c1)C(=O)C1=C(O)C2C(=O)C(C(N)=O)=C(N=O)CC2C[C@@H]1C3. The number of phenolic OH excluding ortho intramolecular Hbond substituents is 1. The van der Waals surface area contributed by atoms with Crippen molar-refractivity contribution in [3.8, 4) is 11.5 Å². The Morgan fingerprint density at radius 1 is 1.21 bits per heavy atom. The van der Waals surface area contributed by atoms with E-state index in [4.69, 9.17) is 10.5 Å². The van der Waals surface area contributed by atoms with Crippen LogP contribution in [0.2, 0.25) is 0 Å². The van der Waals surface area contributed by atoms with Crippen LogP contribution in [0.3, 0.4) is 0 Å². The maximum atomic E-state index is 13.9. The molecule has 0 fully saturated rings. The van der Waals surface area contributed by atoms with Crippen LogP contribution in [0.5, 0.6) is 11.5 Å². The fourth-order valence-corrected chi connectivity index (χ4v) is 6.35. The Morgan fingerprint density at radius 2 is 1.97 bits per heavy atom. The van der Waals surface area contributed by atoms with Crippen molar-refractivity contribution in [3.63, 3.8) is 0 Å². The van der Waals surface area contributed by atoms with Crippen molar-refractivity contribution in [1.82, 2.24) is 5.32 Å². The third kappa shape index (κ3) is 3.78. The highest BCUT2D eigenvalue weighted by Crippen LogP contribution is 2.52. The monoisotopic (exact) mass is 519 g/mol. The third-order valence-electron chi connectivity index (χ3n) is 7.95. The number of nitrogens with zero attached hydrogens (tertiary/aromatic N) is 1. The van der Waals surface area contributed by atoms with Crippen LogP contribution < -0.4 is 15.8 Å². The maximum Gasteiger partial charge on any atom is 0.254 e. The number of Topliss-reactive ketones (excluding diaryl/α,β-unsaturated/α-hetero) is 2. The van der Waals surface area contributed by atoms with E-state index in [9.17, 15) is 29.5 Å². The smallest absolute Gasteiger partial charge is 0.254 e. The number of amides is 1. The van der Waals surface area contributed by atoms with Crippen molar-refractivity contribution in [2.45, 2.75) is 39.2 Å². The number of nitrogens with two attached hydrogens (primary N) is 1. The molecule has 0 aromatic heterocycles. The number of ether oxygens (including phenoxy) is 1. The molecule has 10 heteroatoms. The van der Waals surface area contributed by atoms with Crippen LogP contribution >= 0.6 is 0 Å². The second-order valence-electron chi connectivity index (χ2n) is 10.1. The topological polar surface area (TPSA) is 168 Å². The summed E-state index contributed by atoms with van der Waals surface area (Å²) in [5.74, 6) is -4.85. The zero-order chi connectivity index (χ0) is 27.3. The number of aromatic hydroxyl groups is 1. The van der Waals surface area contributed by atoms with Crippen molar-refractivity contribution in [2.75, 3.05) is 13.7 Å². The molecule has 198 valence electrons. The van der Waals surface area contributed by atoms with E-state index in [0.29, 0.717) is 35.1 Å². The number of fused-ring (bicyclic) bond motifs is 4. The number of allylic oxidation sites excluding steroid dienone is 3. The Bertz CT molecular complexity index is 1470. The normalized spacial score (nSPS) is 22.7. The van der Waals surface area contributed by atoms with Crippen LogP contribution in [-0.2, 0) is 22.6 Å². The average molecular weight is 520 g/mol. The second-order valence-corrected chi connectivity index (χ2v) is 10.1. The summed E-state index contributed by atoms with van der Waals surface area (Å²) >= 11 is 0. The molecule has 10 nitrogen and oxygen atoms in total. The fraction of sp³-hybridized carbons (Fsp3) is 0.393. The number of ketones is 2. The average Bonchev–Trinajstić information content (AvgIpc) is 2.88. The molecule has 3 aliphatic rings. The number of primary amides is 1. The molecule has 2 aromatic rings. The van der Waals surface area contributed by atoms with Gasteiger partial charge in [-0.05, 0) is 60.9 Å². The number of benzene rings is 2. The van der Waals surface area contributed by atoms with Crippen LogP contribution in [0.25, 0.3) is 10.8 Å². The van der Waals surface area contributed by atoms with E-state index in [1.165, 1.54) is 7.11 Å². The minimum absolute atomic E-state index is 0.0119. The number of aliphatic hydroxyl groups is 1. The quantitative estimate of drug-likeness (QED) is 0.245. The molecule has 0 spiro atoms. The molecule has 0 aliphatic heterocycles. The van der Waals surface area contributed by atoms with Gasteiger partial charge in [0.05, 0.1) is 18.6 Å². The Kier molecular flexibility index (Phi) is 6.52. The Balaban J connectivity index is 1.64. The minimum atomic E-state index is -1.18. The van der Waals surface area contributed by atoms with Crippen molar-refractivity contribution in [1.29, 1.82) is 0 Å². The molecule has 3 aliphatic carbocycles. The van der Waals surface area contributed by atoms with Gasteiger partial charge in [0.1, 0.15) is 28.5 Å². The zero-order valence-corrected chi connectivity index (χ0v) is 21.2. The van der Waals surface area contributed by atoms with E-state index in [0.717, 1.165) is 18.5 Å². The van der Waals surface area contributed by atoms with Gasteiger partial charge in [-0.2, -0.15) is 0 Å². The summed E-state index contributed by atoms with van der Waals surface area (Å²) < 4.78 is 5.75. The maximum absolute atomic E-state index is 13.9. The van der Waals surface area contributed by atoms with Gasteiger partial charge >= 0.3 is 0 Å². The molecule has 2 unspecified atom stereocenters. The molecule has 0 bridgehead atoms. The van der Waals surface area contributed by atoms with Gasteiger partial charge in [-0.25, -0.2) is 0 Å².